The van der Waals surface area contributed by atoms with E-state index in [1.165, 1.54) is 25.3 Å². The summed E-state index contributed by atoms with van der Waals surface area (Å²) >= 11 is 0. The molecule has 0 bridgehead atoms. The lowest BCUT2D eigenvalue weighted by atomic mass is 10.1. The van der Waals surface area contributed by atoms with Crippen LogP contribution in [-0.4, -0.2) is 13.1 Å². The van der Waals surface area contributed by atoms with Crippen molar-refractivity contribution in [1.29, 1.82) is 0 Å². The van der Waals surface area contributed by atoms with Crippen LogP contribution in [0.2, 0.25) is 0 Å². The van der Waals surface area contributed by atoms with Gasteiger partial charge in [0, 0.05) is 6.54 Å². The van der Waals surface area contributed by atoms with Gasteiger partial charge >= 0.3 is 5.97 Å². The summed E-state index contributed by atoms with van der Waals surface area (Å²) < 4.78 is 17.2. The van der Waals surface area contributed by atoms with E-state index in [1.807, 2.05) is 0 Å². The van der Waals surface area contributed by atoms with Crippen molar-refractivity contribution >= 4 is 5.97 Å². The third-order valence-electron chi connectivity index (χ3n) is 1.69. The summed E-state index contributed by atoms with van der Waals surface area (Å²) in [6, 6.07) is 3.79. The van der Waals surface area contributed by atoms with Gasteiger partial charge in [-0.05, 0) is 23.8 Å². The van der Waals surface area contributed by atoms with Crippen LogP contribution in [-0.2, 0) is 11.3 Å². The van der Waals surface area contributed by atoms with Gasteiger partial charge in [-0.3, -0.25) is 0 Å². The third-order valence-corrected chi connectivity index (χ3v) is 1.69. The summed E-state index contributed by atoms with van der Waals surface area (Å²) in [7, 11) is 1.27. The zero-order valence-corrected chi connectivity index (χ0v) is 7.21. The monoisotopic (exact) mass is 183 g/mol. The van der Waals surface area contributed by atoms with E-state index in [9.17, 15) is 9.18 Å². The summed E-state index contributed by atoms with van der Waals surface area (Å²) in [6.07, 6.45) is 0. The first-order chi connectivity index (χ1) is 6.19. The highest BCUT2D eigenvalue weighted by atomic mass is 19.1. The van der Waals surface area contributed by atoms with E-state index in [-0.39, 0.29) is 6.54 Å². The lowest BCUT2D eigenvalue weighted by Gasteiger charge is -2.04. The maximum Gasteiger partial charge on any atom is 0.338 e. The van der Waals surface area contributed by atoms with E-state index in [1.54, 1.807) is 0 Å². The van der Waals surface area contributed by atoms with Gasteiger partial charge in [-0.25, -0.2) is 9.18 Å². The molecule has 0 atom stereocenters. The molecule has 0 aliphatic carbocycles. The van der Waals surface area contributed by atoms with E-state index in [0.717, 1.165) is 0 Å². The van der Waals surface area contributed by atoms with Gasteiger partial charge in [0.25, 0.3) is 0 Å². The maximum absolute atomic E-state index is 12.7. The summed E-state index contributed by atoms with van der Waals surface area (Å²) in [4.78, 5) is 11.1. The zero-order valence-electron chi connectivity index (χ0n) is 7.21. The van der Waals surface area contributed by atoms with Crippen molar-refractivity contribution in [2.24, 2.45) is 5.73 Å². The van der Waals surface area contributed by atoms with Gasteiger partial charge in [-0.15, -0.1) is 0 Å². The Morgan fingerprint density at radius 1 is 1.62 bits per heavy atom. The van der Waals surface area contributed by atoms with Gasteiger partial charge in [0.05, 0.1) is 12.7 Å². The standard InChI is InChI=1S/C9H10FNO2/c1-13-9(12)8-3-2-7(10)4-6(8)5-11/h2-4H,5,11H2,1H3. The fraction of sp³-hybridized carbons (Fsp3) is 0.222. The number of carbonyl (C=O) groups excluding carboxylic acids is 1. The van der Waals surface area contributed by atoms with Gasteiger partial charge in [-0.2, -0.15) is 0 Å². The Bertz CT molecular complexity index is 325. The highest BCUT2D eigenvalue weighted by Gasteiger charge is 2.10. The van der Waals surface area contributed by atoms with Crippen LogP contribution in [0.3, 0.4) is 0 Å². The number of esters is 1. The molecular weight excluding hydrogens is 173 g/mol. The fourth-order valence-corrected chi connectivity index (χ4v) is 1.04. The molecule has 0 radical (unpaired) electrons. The van der Waals surface area contributed by atoms with Crippen LogP contribution in [0.4, 0.5) is 4.39 Å². The Balaban J connectivity index is 3.13. The molecule has 0 aliphatic heterocycles. The zero-order chi connectivity index (χ0) is 9.84. The average Bonchev–Trinajstić information content (AvgIpc) is 2.16. The molecule has 2 N–H and O–H groups in total. The SMILES string of the molecule is COC(=O)c1ccc(F)cc1CN. The second-order valence-corrected chi connectivity index (χ2v) is 2.50. The van der Waals surface area contributed by atoms with Crippen LogP contribution in [0.15, 0.2) is 18.2 Å². The molecule has 0 aromatic heterocycles. The molecule has 1 aromatic carbocycles. The Kier molecular flexibility index (Phi) is 2.97. The summed E-state index contributed by atoms with van der Waals surface area (Å²) in [5, 5.41) is 0. The number of benzene rings is 1. The Morgan fingerprint density at radius 3 is 2.85 bits per heavy atom. The molecule has 70 valence electrons. The van der Waals surface area contributed by atoms with Crippen LogP contribution < -0.4 is 5.73 Å². The first-order valence-corrected chi connectivity index (χ1v) is 3.76. The van der Waals surface area contributed by atoms with E-state index in [4.69, 9.17) is 5.73 Å². The summed E-state index contributed by atoms with van der Waals surface area (Å²) in [5.41, 5.74) is 6.10. The van der Waals surface area contributed by atoms with E-state index in [0.29, 0.717) is 11.1 Å². The minimum atomic E-state index is -0.500. The predicted molar refractivity (Wildman–Crippen MR) is 45.6 cm³/mol. The van der Waals surface area contributed by atoms with Gasteiger partial charge in [0.15, 0.2) is 0 Å². The minimum Gasteiger partial charge on any atom is -0.465 e. The van der Waals surface area contributed by atoms with Crippen LogP contribution in [0.25, 0.3) is 0 Å². The van der Waals surface area contributed by atoms with Crippen molar-refractivity contribution in [3.63, 3.8) is 0 Å². The molecule has 3 nitrogen and oxygen atoms in total. The van der Waals surface area contributed by atoms with Crippen molar-refractivity contribution in [3.8, 4) is 0 Å². The highest BCUT2D eigenvalue weighted by molar-refractivity contribution is 5.90. The second kappa shape index (κ2) is 4.00. The number of halogens is 1. The first kappa shape index (κ1) is 9.67. The summed E-state index contributed by atoms with van der Waals surface area (Å²) in [5.74, 6) is -0.909. The number of nitrogens with two attached hydrogens (primary N) is 1. The van der Waals surface area contributed by atoms with E-state index >= 15 is 0 Å². The molecule has 0 saturated carbocycles. The van der Waals surface area contributed by atoms with Crippen LogP contribution in [0.1, 0.15) is 15.9 Å². The normalized spacial score (nSPS) is 9.77. The number of hydrogen-bond acceptors (Lipinski definition) is 3. The Hall–Kier alpha value is -1.42. The largest absolute Gasteiger partial charge is 0.465 e. The molecule has 0 spiro atoms. The van der Waals surface area contributed by atoms with Gasteiger partial charge in [-0.1, -0.05) is 0 Å². The molecule has 13 heavy (non-hydrogen) atoms. The number of carbonyl (C=O) groups is 1. The molecule has 0 fully saturated rings. The van der Waals surface area contributed by atoms with Crippen LogP contribution in [0.5, 0.6) is 0 Å². The number of rotatable bonds is 2. The lowest BCUT2D eigenvalue weighted by molar-refractivity contribution is 0.0599. The number of methoxy groups -OCH3 is 1. The number of ether oxygens (including phenoxy) is 1. The van der Waals surface area contributed by atoms with Crippen molar-refractivity contribution in [2.75, 3.05) is 7.11 Å². The smallest absolute Gasteiger partial charge is 0.338 e. The minimum absolute atomic E-state index is 0.113. The molecule has 0 heterocycles. The van der Waals surface area contributed by atoms with E-state index < -0.39 is 11.8 Å². The van der Waals surface area contributed by atoms with E-state index in [2.05, 4.69) is 4.74 Å². The first-order valence-electron chi connectivity index (χ1n) is 3.76. The molecular formula is C9H10FNO2. The highest BCUT2D eigenvalue weighted by Crippen LogP contribution is 2.11. The molecule has 0 saturated heterocycles. The quantitative estimate of drug-likeness (QED) is 0.698. The van der Waals surface area contributed by atoms with Gasteiger partial charge in [0.1, 0.15) is 5.82 Å². The molecule has 0 aliphatic rings. The molecule has 0 amide bonds. The van der Waals surface area contributed by atoms with Crippen molar-refractivity contribution in [2.45, 2.75) is 6.54 Å². The van der Waals surface area contributed by atoms with Crippen molar-refractivity contribution in [1.82, 2.24) is 0 Å². The summed E-state index contributed by atoms with van der Waals surface area (Å²) in [6.45, 7) is 0.113. The topological polar surface area (TPSA) is 52.3 Å². The second-order valence-electron chi connectivity index (χ2n) is 2.50. The lowest BCUT2D eigenvalue weighted by Crippen LogP contribution is -2.09. The molecule has 1 aromatic rings. The van der Waals surface area contributed by atoms with Crippen LogP contribution in [0, 0.1) is 5.82 Å². The molecule has 0 unspecified atom stereocenters. The molecule has 4 heteroatoms. The predicted octanol–water partition coefficient (Wildman–Crippen LogP) is 1.07. The van der Waals surface area contributed by atoms with Crippen molar-refractivity contribution in [3.05, 3.63) is 35.1 Å². The molecule has 1 rings (SSSR count). The third kappa shape index (κ3) is 2.03. The Morgan fingerprint density at radius 2 is 2.31 bits per heavy atom. The van der Waals surface area contributed by atoms with Gasteiger partial charge < -0.3 is 10.5 Å². The fourth-order valence-electron chi connectivity index (χ4n) is 1.04. The Labute approximate surface area is 75.3 Å². The van der Waals surface area contributed by atoms with Crippen LogP contribution >= 0.6 is 0 Å². The van der Waals surface area contributed by atoms with Gasteiger partial charge in [0.2, 0.25) is 0 Å². The maximum atomic E-state index is 12.7. The average molecular weight is 183 g/mol. The van der Waals surface area contributed by atoms with Crippen molar-refractivity contribution < 1.29 is 13.9 Å². The number of hydrogen-bond donors (Lipinski definition) is 1.